The quantitative estimate of drug-likeness (QED) is 0.0913. The zero-order chi connectivity index (χ0) is 41.4. The van der Waals surface area contributed by atoms with Crippen LogP contribution in [0, 0.1) is 20.2 Å². The Kier molecular flexibility index (Phi) is 14.3. The third-order valence-electron chi connectivity index (χ3n) is 9.73. The lowest BCUT2D eigenvalue weighted by Gasteiger charge is -2.48. The van der Waals surface area contributed by atoms with Crippen LogP contribution in [0.25, 0.3) is 0 Å². The summed E-state index contributed by atoms with van der Waals surface area (Å²) in [5.41, 5.74) is 12.1. The number of ether oxygens (including phenoxy) is 6. The molecule has 2 aromatic rings. The highest BCUT2D eigenvalue weighted by Crippen LogP contribution is 2.32. The summed E-state index contributed by atoms with van der Waals surface area (Å²) in [5.74, 6) is 0.192. The molecular formula is C35H47N7O15. The predicted molar refractivity (Wildman–Crippen MR) is 195 cm³/mol. The van der Waals surface area contributed by atoms with E-state index in [-0.39, 0.29) is 56.3 Å². The van der Waals surface area contributed by atoms with E-state index in [9.17, 15) is 45.1 Å². The highest BCUT2D eigenvalue weighted by Gasteiger charge is 2.51. The van der Waals surface area contributed by atoms with Crippen molar-refractivity contribution in [1.29, 1.82) is 0 Å². The molecule has 312 valence electrons. The van der Waals surface area contributed by atoms with Crippen molar-refractivity contribution in [2.45, 2.75) is 99.7 Å². The summed E-state index contributed by atoms with van der Waals surface area (Å²) < 4.78 is 34.4. The van der Waals surface area contributed by atoms with Gasteiger partial charge in [0, 0.05) is 36.3 Å². The standard InChI is InChI=1S/C35H47N7O15/c1-35(47)17-54-32(27(44)30(35)38-2)57-29-24(37)13-23(36)28(26(29)43)56-31-25(40-34(46)53-16-19-5-9-21(10-6-19)42(50)51)12-11-22(55-31)14-39-33(45)52-15-18-3-7-20(8-4-18)41(48)49/h3-11,23-32,38,43-44,47H,12-17,36-37H2,1-2H3,(H,39,45)(H,40,46)/t23-,24+,25+,26-,27+,28+,29-,30+,31+,32+,35-/m0/s1. The third kappa shape index (κ3) is 11.1. The first-order valence-corrected chi connectivity index (χ1v) is 17.9. The van der Waals surface area contributed by atoms with Crippen LogP contribution in [0.5, 0.6) is 0 Å². The number of aliphatic hydroxyl groups excluding tert-OH is 2. The number of nitro benzene ring substituents is 2. The number of non-ortho nitro benzene ring substituents is 2. The number of amides is 2. The normalized spacial score (nSPS) is 31.2. The Morgan fingerprint density at radius 3 is 1.93 bits per heavy atom. The molecule has 2 amide bonds. The van der Waals surface area contributed by atoms with Gasteiger partial charge >= 0.3 is 12.2 Å². The van der Waals surface area contributed by atoms with Crippen LogP contribution in [0.4, 0.5) is 21.0 Å². The lowest BCUT2D eigenvalue weighted by atomic mass is 9.84. The van der Waals surface area contributed by atoms with Gasteiger partial charge in [-0.3, -0.25) is 20.2 Å². The van der Waals surface area contributed by atoms with Crippen molar-refractivity contribution < 1.29 is 63.2 Å². The lowest BCUT2D eigenvalue weighted by Crippen LogP contribution is -2.68. The average Bonchev–Trinajstić information content (AvgIpc) is 3.17. The zero-order valence-corrected chi connectivity index (χ0v) is 31.0. The van der Waals surface area contributed by atoms with Crippen LogP contribution in [0.1, 0.15) is 30.9 Å². The van der Waals surface area contributed by atoms with Gasteiger partial charge < -0.3 is 71.2 Å². The Hall–Kier alpha value is -5.04. The Balaban J connectivity index is 1.25. The molecule has 0 bridgehead atoms. The molecule has 2 heterocycles. The van der Waals surface area contributed by atoms with Crippen molar-refractivity contribution in [2.24, 2.45) is 11.5 Å². The summed E-state index contributed by atoms with van der Waals surface area (Å²) in [6.07, 6.45) is -7.91. The van der Waals surface area contributed by atoms with E-state index in [1.165, 1.54) is 55.5 Å². The number of hydrogen-bond donors (Lipinski definition) is 8. The molecule has 3 aliphatic rings. The van der Waals surface area contributed by atoms with Gasteiger partial charge in [-0.15, -0.1) is 0 Å². The fourth-order valence-corrected chi connectivity index (χ4v) is 6.66. The molecule has 22 heteroatoms. The molecular weight excluding hydrogens is 758 g/mol. The van der Waals surface area contributed by atoms with Gasteiger partial charge in [0.2, 0.25) is 6.29 Å². The fourth-order valence-electron chi connectivity index (χ4n) is 6.66. The Morgan fingerprint density at radius 1 is 0.877 bits per heavy atom. The Morgan fingerprint density at radius 2 is 1.40 bits per heavy atom. The fraction of sp³-hybridized carbons (Fsp3) is 0.543. The van der Waals surface area contributed by atoms with Crippen molar-refractivity contribution >= 4 is 23.6 Å². The van der Waals surface area contributed by atoms with Gasteiger partial charge in [0.15, 0.2) is 6.29 Å². The largest absolute Gasteiger partial charge is 0.465 e. The molecule has 0 aromatic heterocycles. The minimum absolute atomic E-state index is 0.0787. The van der Waals surface area contributed by atoms with Gasteiger partial charge in [-0.2, -0.15) is 0 Å². The first-order chi connectivity index (χ1) is 27.1. The predicted octanol–water partition coefficient (Wildman–Crippen LogP) is -0.0997. The van der Waals surface area contributed by atoms with E-state index in [0.29, 0.717) is 11.1 Å². The number of benzene rings is 2. The van der Waals surface area contributed by atoms with Crippen LogP contribution in [0.2, 0.25) is 0 Å². The maximum Gasteiger partial charge on any atom is 0.407 e. The van der Waals surface area contributed by atoms with Crippen molar-refractivity contribution in [2.75, 3.05) is 20.2 Å². The summed E-state index contributed by atoms with van der Waals surface area (Å²) in [5, 5.41) is 63.1. The third-order valence-corrected chi connectivity index (χ3v) is 9.73. The number of hydrogen-bond acceptors (Lipinski definition) is 18. The molecule has 1 aliphatic carbocycles. The minimum Gasteiger partial charge on any atom is -0.465 e. The highest BCUT2D eigenvalue weighted by atomic mass is 16.7. The van der Waals surface area contributed by atoms with Crippen LogP contribution < -0.4 is 27.4 Å². The first-order valence-electron chi connectivity index (χ1n) is 17.9. The molecule has 0 spiro atoms. The summed E-state index contributed by atoms with van der Waals surface area (Å²) in [7, 11) is 1.55. The number of nitrogens with one attached hydrogen (secondary N) is 3. The Labute approximate surface area is 325 Å². The molecule has 11 atom stereocenters. The zero-order valence-electron chi connectivity index (χ0n) is 31.0. The number of aliphatic hydroxyl groups is 3. The number of alkyl carbamates (subject to hydrolysis) is 2. The second-order valence-electron chi connectivity index (χ2n) is 14.0. The first kappa shape index (κ1) is 43.1. The van der Waals surface area contributed by atoms with E-state index >= 15 is 0 Å². The summed E-state index contributed by atoms with van der Waals surface area (Å²) in [4.78, 5) is 46.2. The molecule has 2 aliphatic heterocycles. The smallest absolute Gasteiger partial charge is 0.407 e. The molecule has 10 N–H and O–H groups in total. The van der Waals surface area contributed by atoms with Crippen molar-refractivity contribution in [1.82, 2.24) is 16.0 Å². The highest BCUT2D eigenvalue weighted by molar-refractivity contribution is 5.68. The maximum atomic E-state index is 13.0. The van der Waals surface area contributed by atoms with Crippen LogP contribution in [0.15, 0.2) is 60.4 Å². The SMILES string of the molecule is CN[C@@H]1[C@@H](O)[C@@H](O[C@@H]2[C@@H](O)[C@H](O[C@H]3OC(CNC(=O)OCc4ccc([N+](=O)[O-])cc4)=CC[C@H]3NC(=O)OCc3ccc([N+](=O)[O-])cc3)[C@@H](N)C[C@H]2N)OC[C@]1(C)O. The topological polar surface area (TPSA) is 325 Å². The van der Waals surface area contributed by atoms with Crippen LogP contribution in [-0.4, -0.2) is 124 Å². The van der Waals surface area contributed by atoms with Gasteiger partial charge in [-0.05, 0) is 68.3 Å². The van der Waals surface area contributed by atoms with E-state index in [1.54, 1.807) is 13.1 Å². The average molecular weight is 806 g/mol. The van der Waals surface area contributed by atoms with Crippen molar-refractivity contribution in [3.8, 4) is 0 Å². The number of nitro groups is 2. The monoisotopic (exact) mass is 805 g/mol. The molecule has 57 heavy (non-hydrogen) atoms. The molecule has 0 radical (unpaired) electrons. The number of rotatable bonds is 14. The van der Waals surface area contributed by atoms with E-state index in [2.05, 4.69) is 16.0 Å². The van der Waals surface area contributed by atoms with Gasteiger partial charge in [0.05, 0.1) is 35.1 Å². The van der Waals surface area contributed by atoms with E-state index in [4.69, 9.17) is 39.9 Å². The van der Waals surface area contributed by atoms with Crippen molar-refractivity contribution in [3.05, 3.63) is 91.7 Å². The molecule has 2 aromatic carbocycles. The molecule has 1 saturated carbocycles. The van der Waals surface area contributed by atoms with Crippen molar-refractivity contribution in [3.63, 3.8) is 0 Å². The van der Waals surface area contributed by atoms with Gasteiger partial charge in [0.1, 0.15) is 49.0 Å². The number of nitrogens with two attached hydrogens (primary N) is 2. The minimum atomic E-state index is -1.52. The van der Waals surface area contributed by atoms with Gasteiger partial charge in [-0.25, -0.2) is 9.59 Å². The number of carbonyl (C=O) groups excluding carboxylic acids is 2. The molecule has 0 unspecified atom stereocenters. The Bertz CT molecular complexity index is 1750. The van der Waals surface area contributed by atoms with E-state index in [0.717, 1.165) is 0 Å². The van der Waals surface area contributed by atoms with Crippen LogP contribution in [0.3, 0.4) is 0 Å². The number of carbonyl (C=O) groups is 2. The second-order valence-corrected chi connectivity index (χ2v) is 14.0. The summed E-state index contributed by atoms with van der Waals surface area (Å²) >= 11 is 0. The molecule has 1 saturated heterocycles. The molecule has 5 rings (SSSR count). The van der Waals surface area contributed by atoms with E-state index < -0.39 is 88.8 Å². The molecule has 2 fully saturated rings. The van der Waals surface area contributed by atoms with Gasteiger partial charge in [0.25, 0.3) is 11.4 Å². The number of likely N-dealkylation sites (N-methyl/N-ethyl adjacent to an activating group) is 1. The lowest BCUT2D eigenvalue weighted by molar-refractivity contribution is -0.385. The van der Waals surface area contributed by atoms with E-state index in [1.807, 2.05) is 0 Å². The van der Waals surface area contributed by atoms with Gasteiger partial charge in [-0.1, -0.05) is 0 Å². The summed E-state index contributed by atoms with van der Waals surface area (Å²) in [6.45, 7) is 0.692. The second kappa shape index (κ2) is 18.9. The van der Waals surface area contributed by atoms with Crippen LogP contribution >= 0.6 is 0 Å². The molecule has 22 nitrogen and oxygen atoms in total. The summed E-state index contributed by atoms with van der Waals surface area (Å²) in [6, 6.07) is 7.38. The van der Waals surface area contributed by atoms with Crippen LogP contribution in [-0.2, 0) is 41.6 Å². The number of nitrogens with zero attached hydrogens (tertiary/aromatic N) is 2. The maximum absolute atomic E-state index is 13.0.